The highest BCUT2D eigenvalue weighted by Crippen LogP contribution is 2.21. The lowest BCUT2D eigenvalue weighted by Crippen LogP contribution is -2.46. The Hall–Kier alpha value is -1.15. The van der Waals surface area contributed by atoms with Gasteiger partial charge >= 0.3 is 0 Å². The van der Waals surface area contributed by atoms with Crippen LogP contribution in [0.25, 0.3) is 0 Å². The molecule has 0 saturated carbocycles. The summed E-state index contributed by atoms with van der Waals surface area (Å²) < 4.78 is 13.7. The maximum atomic E-state index is 13.7. The molecule has 0 unspecified atom stereocenters. The second kappa shape index (κ2) is 6.85. The molecule has 1 aromatic carbocycles. The number of hydrogen-bond donors (Lipinski definition) is 0. The lowest BCUT2D eigenvalue weighted by Gasteiger charge is -2.34. The first-order chi connectivity index (χ1) is 9.20. The number of nitrogens with zero attached hydrogens (tertiary/aromatic N) is 3. The van der Waals surface area contributed by atoms with Gasteiger partial charge in [-0.15, -0.1) is 0 Å². The van der Waals surface area contributed by atoms with E-state index in [1.54, 1.807) is 12.1 Å². The predicted molar refractivity (Wildman–Crippen MR) is 73.4 cm³/mol. The lowest BCUT2D eigenvalue weighted by atomic mass is 10.2. The molecule has 1 aromatic rings. The fourth-order valence-electron chi connectivity index (χ4n) is 2.29. The third kappa shape index (κ3) is 3.90. The molecule has 0 aromatic heterocycles. The van der Waals surface area contributed by atoms with Gasteiger partial charge in [-0.3, -0.25) is 9.80 Å². The monoisotopic (exact) mass is 281 g/mol. The second-order valence-electron chi connectivity index (χ2n) is 4.73. The topological polar surface area (TPSA) is 30.3 Å². The Morgan fingerprint density at radius 1 is 1.21 bits per heavy atom. The molecule has 0 atom stereocenters. The molecule has 0 amide bonds. The highest BCUT2D eigenvalue weighted by molar-refractivity contribution is 6.31. The normalized spacial score (nSPS) is 17.3. The Balaban J connectivity index is 1.87. The summed E-state index contributed by atoms with van der Waals surface area (Å²) in [6, 6.07) is 6.96. The third-order valence-corrected chi connectivity index (χ3v) is 3.80. The van der Waals surface area contributed by atoms with Crippen LogP contribution in [-0.2, 0) is 6.54 Å². The third-order valence-electron chi connectivity index (χ3n) is 3.45. The molecule has 102 valence electrons. The van der Waals surface area contributed by atoms with Gasteiger partial charge in [-0.2, -0.15) is 5.26 Å². The molecule has 0 radical (unpaired) electrons. The molecule has 1 aliphatic heterocycles. The van der Waals surface area contributed by atoms with E-state index in [1.807, 2.05) is 0 Å². The van der Waals surface area contributed by atoms with Crippen molar-refractivity contribution in [3.8, 4) is 6.07 Å². The maximum Gasteiger partial charge on any atom is 0.129 e. The van der Waals surface area contributed by atoms with E-state index in [-0.39, 0.29) is 5.82 Å². The maximum absolute atomic E-state index is 13.7. The fraction of sp³-hybridized carbons (Fsp3) is 0.500. The van der Waals surface area contributed by atoms with Gasteiger partial charge in [-0.1, -0.05) is 17.7 Å². The smallest absolute Gasteiger partial charge is 0.129 e. The van der Waals surface area contributed by atoms with Crippen LogP contribution < -0.4 is 0 Å². The highest BCUT2D eigenvalue weighted by atomic mass is 35.5. The first kappa shape index (κ1) is 14.3. The van der Waals surface area contributed by atoms with Crippen molar-refractivity contribution < 1.29 is 4.39 Å². The Kier molecular flexibility index (Phi) is 5.15. The van der Waals surface area contributed by atoms with Crippen molar-refractivity contribution in [2.75, 3.05) is 32.7 Å². The van der Waals surface area contributed by atoms with Crippen molar-refractivity contribution in [3.05, 3.63) is 34.6 Å². The summed E-state index contributed by atoms with van der Waals surface area (Å²) >= 11 is 6.03. The van der Waals surface area contributed by atoms with Gasteiger partial charge in [0.1, 0.15) is 5.82 Å². The van der Waals surface area contributed by atoms with E-state index in [2.05, 4.69) is 15.9 Å². The van der Waals surface area contributed by atoms with E-state index in [0.717, 1.165) is 32.7 Å². The van der Waals surface area contributed by atoms with Crippen LogP contribution in [0.2, 0.25) is 5.02 Å². The molecule has 0 N–H and O–H groups in total. The van der Waals surface area contributed by atoms with Crippen LogP contribution in [0.5, 0.6) is 0 Å². The van der Waals surface area contributed by atoms with Crippen LogP contribution in [-0.4, -0.2) is 42.5 Å². The van der Waals surface area contributed by atoms with Crippen LogP contribution in [0, 0.1) is 17.1 Å². The Bertz CT molecular complexity index is 444. The average molecular weight is 282 g/mol. The van der Waals surface area contributed by atoms with Crippen LogP contribution in [0.4, 0.5) is 4.39 Å². The summed E-state index contributed by atoms with van der Waals surface area (Å²) in [5.74, 6) is -0.237. The lowest BCUT2D eigenvalue weighted by molar-refractivity contribution is 0.128. The van der Waals surface area contributed by atoms with Gasteiger partial charge in [-0.25, -0.2) is 4.39 Å². The van der Waals surface area contributed by atoms with E-state index in [0.29, 0.717) is 23.6 Å². The Labute approximate surface area is 118 Å². The molecule has 3 nitrogen and oxygen atoms in total. The van der Waals surface area contributed by atoms with Gasteiger partial charge in [0.2, 0.25) is 0 Å². The SMILES string of the molecule is N#CCCN1CCN(Cc2c(F)cccc2Cl)CC1. The number of halogens is 2. The van der Waals surface area contributed by atoms with E-state index in [1.165, 1.54) is 6.07 Å². The molecular formula is C14H17ClFN3. The van der Waals surface area contributed by atoms with Gasteiger partial charge in [-0.05, 0) is 12.1 Å². The Morgan fingerprint density at radius 2 is 1.89 bits per heavy atom. The molecule has 19 heavy (non-hydrogen) atoms. The molecule has 5 heteroatoms. The molecule has 1 heterocycles. The zero-order valence-corrected chi connectivity index (χ0v) is 11.5. The average Bonchev–Trinajstić information content (AvgIpc) is 2.42. The van der Waals surface area contributed by atoms with Crippen LogP contribution in [0.1, 0.15) is 12.0 Å². The molecule has 0 aliphatic carbocycles. The zero-order chi connectivity index (χ0) is 13.7. The van der Waals surface area contributed by atoms with Crippen molar-refractivity contribution in [2.45, 2.75) is 13.0 Å². The fourth-order valence-corrected chi connectivity index (χ4v) is 2.51. The summed E-state index contributed by atoms with van der Waals surface area (Å²) in [5.41, 5.74) is 0.578. The van der Waals surface area contributed by atoms with Crippen molar-refractivity contribution in [3.63, 3.8) is 0 Å². The largest absolute Gasteiger partial charge is 0.300 e. The van der Waals surface area contributed by atoms with Crippen molar-refractivity contribution in [2.24, 2.45) is 0 Å². The first-order valence-electron chi connectivity index (χ1n) is 6.45. The molecule has 1 aliphatic rings. The van der Waals surface area contributed by atoms with Crippen molar-refractivity contribution >= 4 is 11.6 Å². The second-order valence-corrected chi connectivity index (χ2v) is 5.13. The number of hydrogen-bond acceptors (Lipinski definition) is 3. The standard InChI is InChI=1S/C14H17ClFN3/c15-13-3-1-4-14(16)12(13)11-19-9-7-18(8-10-19)6-2-5-17/h1,3-4H,2,6-11H2. The number of piperazine rings is 1. The van der Waals surface area contributed by atoms with Crippen LogP contribution in [0.15, 0.2) is 18.2 Å². The molecule has 2 rings (SSSR count). The van der Waals surface area contributed by atoms with Crippen molar-refractivity contribution in [1.82, 2.24) is 9.80 Å². The van der Waals surface area contributed by atoms with E-state index in [4.69, 9.17) is 16.9 Å². The van der Waals surface area contributed by atoms with Crippen LogP contribution >= 0.6 is 11.6 Å². The highest BCUT2D eigenvalue weighted by Gasteiger charge is 2.18. The summed E-state index contributed by atoms with van der Waals surface area (Å²) in [4.78, 5) is 4.47. The number of benzene rings is 1. The molecular weight excluding hydrogens is 265 g/mol. The van der Waals surface area contributed by atoms with Gasteiger partial charge in [0, 0.05) is 56.3 Å². The summed E-state index contributed by atoms with van der Waals surface area (Å²) in [6.07, 6.45) is 0.569. The molecule has 1 saturated heterocycles. The Morgan fingerprint density at radius 3 is 2.53 bits per heavy atom. The minimum atomic E-state index is -0.237. The number of nitriles is 1. The zero-order valence-electron chi connectivity index (χ0n) is 10.8. The van der Waals surface area contributed by atoms with Crippen LogP contribution in [0.3, 0.4) is 0 Å². The summed E-state index contributed by atoms with van der Waals surface area (Å²) in [6.45, 7) is 5.00. The van der Waals surface area contributed by atoms with Gasteiger partial charge in [0.05, 0.1) is 6.07 Å². The first-order valence-corrected chi connectivity index (χ1v) is 6.83. The van der Waals surface area contributed by atoms with E-state index < -0.39 is 0 Å². The van der Waals surface area contributed by atoms with Crippen molar-refractivity contribution in [1.29, 1.82) is 5.26 Å². The summed E-state index contributed by atoms with van der Waals surface area (Å²) in [5, 5.41) is 9.05. The molecule has 1 fully saturated rings. The van der Waals surface area contributed by atoms with Gasteiger partial charge in [0.25, 0.3) is 0 Å². The quantitative estimate of drug-likeness (QED) is 0.849. The molecule has 0 spiro atoms. The molecule has 0 bridgehead atoms. The van der Waals surface area contributed by atoms with E-state index in [9.17, 15) is 4.39 Å². The summed E-state index contributed by atoms with van der Waals surface area (Å²) in [7, 11) is 0. The minimum absolute atomic E-state index is 0.237. The predicted octanol–water partition coefficient (Wildman–Crippen LogP) is 2.51. The van der Waals surface area contributed by atoms with E-state index >= 15 is 0 Å². The van der Waals surface area contributed by atoms with Gasteiger partial charge in [0.15, 0.2) is 0 Å². The van der Waals surface area contributed by atoms with Gasteiger partial charge < -0.3 is 0 Å². The number of rotatable bonds is 4. The minimum Gasteiger partial charge on any atom is -0.300 e.